The van der Waals surface area contributed by atoms with Crippen molar-refractivity contribution in [1.29, 1.82) is 5.26 Å². The van der Waals surface area contributed by atoms with E-state index in [1.165, 1.54) is 13.2 Å². The molecule has 1 rings (SSSR count). The fourth-order valence-electron chi connectivity index (χ4n) is 1.15. The van der Waals surface area contributed by atoms with Crippen molar-refractivity contribution in [2.45, 2.75) is 12.8 Å². The van der Waals surface area contributed by atoms with Gasteiger partial charge >= 0.3 is 5.97 Å². The molecule has 0 aromatic carbocycles. The number of aromatic nitrogens is 1. The monoisotopic (exact) mass is 304 g/mol. The molecule has 0 amide bonds. The summed E-state index contributed by atoms with van der Waals surface area (Å²) in [5, 5.41) is 8.72. The van der Waals surface area contributed by atoms with Crippen LogP contribution >= 0.6 is 15.9 Å². The summed E-state index contributed by atoms with van der Waals surface area (Å²) in [5.74, 6) is -0.541. The first-order chi connectivity index (χ1) is 7.99. The van der Waals surface area contributed by atoms with Gasteiger partial charge in [-0.05, 0) is 27.6 Å². The summed E-state index contributed by atoms with van der Waals surface area (Å²) in [6.07, 6.45) is -2.98. The number of ether oxygens (including phenoxy) is 1. The highest BCUT2D eigenvalue weighted by Crippen LogP contribution is 2.25. The molecule has 1 heterocycles. The van der Waals surface area contributed by atoms with Crippen molar-refractivity contribution in [3.8, 4) is 6.07 Å². The van der Waals surface area contributed by atoms with Crippen LogP contribution in [0, 0.1) is 11.3 Å². The zero-order valence-electron chi connectivity index (χ0n) is 8.71. The van der Waals surface area contributed by atoms with Gasteiger partial charge in [-0.2, -0.15) is 5.26 Å². The third-order valence-electron chi connectivity index (χ3n) is 1.97. The molecule has 0 fully saturated rings. The molecule has 0 aliphatic carbocycles. The lowest BCUT2D eigenvalue weighted by molar-refractivity contribution is -0.139. The molecule has 1 aromatic heterocycles. The molecule has 17 heavy (non-hydrogen) atoms. The number of alkyl halides is 2. The van der Waals surface area contributed by atoms with Gasteiger partial charge in [0.25, 0.3) is 6.43 Å². The number of rotatable bonds is 3. The van der Waals surface area contributed by atoms with Gasteiger partial charge in [-0.1, -0.05) is 0 Å². The Hall–Kier alpha value is -1.55. The predicted octanol–water partition coefficient (Wildman–Crippen LogP) is 2.37. The van der Waals surface area contributed by atoms with Crippen LogP contribution in [0.4, 0.5) is 8.78 Å². The molecule has 4 nitrogen and oxygen atoms in total. The summed E-state index contributed by atoms with van der Waals surface area (Å²) in [7, 11) is 1.21. The number of esters is 1. The summed E-state index contributed by atoms with van der Waals surface area (Å²) in [6, 6.07) is 2.82. The minimum Gasteiger partial charge on any atom is -0.469 e. The Labute approximate surface area is 104 Å². The van der Waals surface area contributed by atoms with E-state index in [1.54, 1.807) is 6.07 Å². The second-order valence-electron chi connectivity index (χ2n) is 3.04. The average Bonchev–Trinajstić information content (AvgIpc) is 2.30. The Morgan fingerprint density at radius 1 is 1.71 bits per heavy atom. The number of halogens is 3. The fourth-order valence-corrected chi connectivity index (χ4v) is 1.60. The third-order valence-corrected chi connectivity index (χ3v) is 2.65. The molecule has 0 atom stereocenters. The molecule has 0 radical (unpaired) electrons. The third kappa shape index (κ3) is 3.20. The molecule has 90 valence electrons. The van der Waals surface area contributed by atoms with E-state index in [4.69, 9.17) is 5.26 Å². The van der Waals surface area contributed by atoms with Gasteiger partial charge in [0, 0.05) is 0 Å². The topological polar surface area (TPSA) is 63.0 Å². The number of carbonyl (C=O) groups is 1. The van der Waals surface area contributed by atoms with Crippen LogP contribution in [0.25, 0.3) is 0 Å². The number of hydrogen-bond donors (Lipinski definition) is 0. The first kappa shape index (κ1) is 13.5. The van der Waals surface area contributed by atoms with Crippen LogP contribution in [0.2, 0.25) is 0 Å². The maximum atomic E-state index is 12.5. The highest BCUT2D eigenvalue weighted by molar-refractivity contribution is 9.10. The Balaban J connectivity index is 3.19. The van der Waals surface area contributed by atoms with Gasteiger partial charge in [-0.25, -0.2) is 13.8 Å². The summed E-state index contributed by atoms with van der Waals surface area (Å²) < 4.78 is 29.6. The van der Waals surface area contributed by atoms with Crippen LogP contribution < -0.4 is 0 Å². The summed E-state index contributed by atoms with van der Waals surface area (Å²) in [5.41, 5.74) is -0.520. The van der Waals surface area contributed by atoms with E-state index in [-0.39, 0.29) is 16.6 Å². The fraction of sp³-hybridized carbons (Fsp3) is 0.300. The number of hydrogen-bond acceptors (Lipinski definition) is 4. The van der Waals surface area contributed by atoms with Crippen molar-refractivity contribution in [2.24, 2.45) is 0 Å². The second-order valence-corrected chi connectivity index (χ2v) is 3.79. The smallest absolute Gasteiger partial charge is 0.310 e. The minimum absolute atomic E-state index is 0.109. The van der Waals surface area contributed by atoms with E-state index in [0.717, 1.165) is 0 Å². The number of methoxy groups -OCH3 is 1. The van der Waals surface area contributed by atoms with Crippen molar-refractivity contribution >= 4 is 21.9 Å². The molecule has 0 N–H and O–H groups in total. The van der Waals surface area contributed by atoms with Gasteiger partial charge in [0.05, 0.1) is 19.1 Å². The van der Waals surface area contributed by atoms with Gasteiger partial charge < -0.3 is 4.74 Å². The summed E-state index contributed by atoms with van der Waals surface area (Å²) in [6.45, 7) is 0. The van der Waals surface area contributed by atoms with Crippen LogP contribution in [0.5, 0.6) is 0 Å². The van der Waals surface area contributed by atoms with E-state index in [0.29, 0.717) is 5.56 Å². The van der Waals surface area contributed by atoms with Gasteiger partial charge in [-0.15, -0.1) is 0 Å². The lowest BCUT2D eigenvalue weighted by Gasteiger charge is -2.07. The van der Waals surface area contributed by atoms with Crippen LogP contribution in [0.1, 0.15) is 23.2 Å². The lowest BCUT2D eigenvalue weighted by atomic mass is 10.1. The Kier molecular flexibility index (Phi) is 4.52. The molecule has 0 bridgehead atoms. The molecule has 0 saturated heterocycles. The van der Waals surface area contributed by atoms with Gasteiger partial charge in [0.2, 0.25) is 0 Å². The van der Waals surface area contributed by atoms with Crippen LogP contribution in [0.3, 0.4) is 0 Å². The Bertz CT molecular complexity index is 486. The van der Waals surface area contributed by atoms with Crippen LogP contribution in [0.15, 0.2) is 10.7 Å². The minimum atomic E-state index is -2.84. The summed E-state index contributed by atoms with van der Waals surface area (Å²) >= 11 is 2.97. The molecular formula is C10H7BrF2N2O2. The van der Waals surface area contributed by atoms with Crippen molar-refractivity contribution in [3.05, 3.63) is 27.5 Å². The van der Waals surface area contributed by atoms with E-state index in [9.17, 15) is 13.6 Å². The first-order valence-electron chi connectivity index (χ1n) is 4.44. The molecule has 0 saturated carbocycles. The van der Waals surface area contributed by atoms with Crippen LogP contribution in [-0.2, 0) is 16.0 Å². The normalized spacial score (nSPS) is 10.1. The van der Waals surface area contributed by atoms with Crippen LogP contribution in [-0.4, -0.2) is 18.1 Å². The van der Waals surface area contributed by atoms with E-state index in [2.05, 4.69) is 25.7 Å². The number of carbonyl (C=O) groups excluding carboxylic acids is 1. The Morgan fingerprint density at radius 2 is 2.35 bits per heavy atom. The molecule has 7 heteroatoms. The zero-order chi connectivity index (χ0) is 13.0. The highest BCUT2D eigenvalue weighted by atomic mass is 79.9. The molecular weight excluding hydrogens is 298 g/mol. The van der Waals surface area contributed by atoms with Crippen molar-refractivity contribution in [3.63, 3.8) is 0 Å². The molecule has 0 aliphatic rings. The maximum absolute atomic E-state index is 12.5. The standard InChI is InChI=1S/C10H7BrF2N2O2/c1-17-7(16)3-5-2-6(4-14)8(10(12)13)15-9(5)11/h2,10H,3H2,1H3. The largest absolute Gasteiger partial charge is 0.469 e. The van der Waals surface area contributed by atoms with Gasteiger partial charge in [0.1, 0.15) is 16.4 Å². The molecule has 0 aliphatic heterocycles. The molecule has 0 unspecified atom stereocenters. The number of pyridine rings is 1. The second kappa shape index (κ2) is 5.68. The first-order valence-corrected chi connectivity index (χ1v) is 5.23. The Morgan fingerprint density at radius 3 is 2.82 bits per heavy atom. The lowest BCUT2D eigenvalue weighted by Crippen LogP contribution is -2.08. The van der Waals surface area contributed by atoms with Gasteiger partial charge in [0.15, 0.2) is 0 Å². The highest BCUT2D eigenvalue weighted by Gasteiger charge is 2.19. The number of nitrogens with zero attached hydrogens (tertiary/aromatic N) is 2. The summed E-state index contributed by atoms with van der Waals surface area (Å²) in [4.78, 5) is 14.6. The zero-order valence-corrected chi connectivity index (χ0v) is 10.3. The number of nitriles is 1. The van der Waals surface area contributed by atoms with E-state index >= 15 is 0 Å². The predicted molar refractivity (Wildman–Crippen MR) is 57.3 cm³/mol. The van der Waals surface area contributed by atoms with Crippen molar-refractivity contribution in [2.75, 3.05) is 7.11 Å². The van der Waals surface area contributed by atoms with E-state index in [1.807, 2.05) is 0 Å². The molecule has 0 spiro atoms. The van der Waals surface area contributed by atoms with Crippen molar-refractivity contribution in [1.82, 2.24) is 4.98 Å². The quantitative estimate of drug-likeness (QED) is 0.635. The van der Waals surface area contributed by atoms with Gasteiger partial charge in [-0.3, -0.25) is 4.79 Å². The molecule has 1 aromatic rings. The van der Waals surface area contributed by atoms with E-state index < -0.39 is 18.1 Å². The SMILES string of the molecule is COC(=O)Cc1cc(C#N)c(C(F)F)nc1Br. The maximum Gasteiger partial charge on any atom is 0.310 e. The average molecular weight is 305 g/mol. The van der Waals surface area contributed by atoms with Crippen molar-refractivity contribution < 1.29 is 18.3 Å².